The Morgan fingerprint density at radius 3 is 2.23 bits per heavy atom. The van der Waals surface area contributed by atoms with E-state index >= 15 is 0 Å². The summed E-state index contributed by atoms with van der Waals surface area (Å²) in [6.45, 7) is 8.37. The smallest absolute Gasteiger partial charge is 0.410 e. The minimum Gasteiger partial charge on any atom is -0.465 e. The third-order valence-corrected chi connectivity index (χ3v) is 6.24. The average Bonchev–Trinajstić information content (AvgIpc) is 2.76. The maximum absolute atomic E-state index is 13.1. The standard InChI is InChI=1S/C23H33N3O5/c1-23(2,3)19-15-25(13-14-26(19)21(28)29)20(27)18-9-11-24(12-10-18)22(30)31-16-17-7-5-4-6-8-17/h4-8,18-19H,9-16H2,1-3H3,(H,28,29). The van der Waals surface area contributed by atoms with E-state index in [0.717, 1.165) is 5.56 Å². The molecular weight excluding hydrogens is 398 g/mol. The number of benzene rings is 1. The van der Waals surface area contributed by atoms with Gasteiger partial charge < -0.3 is 24.5 Å². The van der Waals surface area contributed by atoms with Crippen molar-refractivity contribution in [1.82, 2.24) is 14.7 Å². The van der Waals surface area contributed by atoms with Crippen molar-refractivity contribution >= 4 is 18.1 Å². The number of nitrogens with zero attached hydrogens (tertiary/aromatic N) is 3. The highest BCUT2D eigenvalue weighted by molar-refractivity contribution is 5.80. The van der Waals surface area contributed by atoms with Crippen LogP contribution in [0.4, 0.5) is 9.59 Å². The van der Waals surface area contributed by atoms with Crippen LogP contribution in [0.15, 0.2) is 30.3 Å². The molecule has 2 saturated heterocycles. The fourth-order valence-corrected chi connectivity index (χ4v) is 4.33. The first kappa shape index (κ1) is 22.9. The number of amides is 3. The number of carbonyl (C=O) groups is 3. The summed E-state index contributed by atoms with van der Waals surface area (Å²) in [6, 6.07) is 9.30. The van der Waals surface area contributed by atoms with Crippen LogP contribution in [0.1, 0.15) is 39.2 Å². The molecule has 2 heterocycles. The van der Waals surface area contributed by atoms with Crippen molar-refractivity contribution < 1.29 is 24.2 Å². The van der Waals surface area contributed by atoms with Gasteiger partial charge >= 0.3 is 12.2 Å². The Labute approximate surface area is 183 Å². The van der Waals surface area contributed by atoms with Crippen molar-refractivity contribution in [3.8, 4) is 0 Å². The maximum Gasteiger partial charge on any atom is 0.410 e. The number of likely N-dealkylation sites (tertiary alicyclic amines) is 1. The van der Waals surface area contributed by atoms with Crippen LogP contribution in [-0.2, 0) is 16.1 Å². The summed E-state index contributed by atoms with van der Waals surface area (Å²) in [5, 5.41) is 9.52. The lowest BCUT2D eigenvalue weighted by Gasteiger charge is -2.47. The molecule has 8 nitrogen and oxygen atoms in total. The largest absolute Gasteiger partial charge is 0.465 e. The van der Waals surface area contributed by atoms with Gasteiger partial charge in [0, 0.05) is 38.6 Å². The van der Waals surface area contributed by atoms with Gasteiger partial charge in [-0.1, -0.05) is 51.1 Å². The zero-order valence-corrected chi connectivity index (χ0v) is 18.6. The quantitative estimate of drug-likeness (QED) is 0.793. The van der Waals surface area contributed by atoms with Crippen molar-refractivity contribution in [2.24, 2.45) is 11.3 Å². The predicted octanol–water partition coefficient (Wildman–Crippen LogP) is 3.27. The number of carbonyl (C=O) groups excluding carboxylic acids is 2. The van der Waals surface area contributed by atoms with Crippen LogP contribution in [0, 0.1) is 11.3 Å². The van der Waals surface area contributed by atoms with E-state index in [0.29, 0.717) is 45.6 Å². The minimum absolute atomic E-state index is 0.0663. The first-order valence-electron chi connectivity index (χ1n) is 10.9. The van der Waals surface area contributed by atoms with Gasteiger partial charge in [0.15, 0.2) is 0 Å². The van der Waals surface area contributed by atoms with Crippen LogP contribution < -0.4 is 0 Å². The summed E-state index contributed by atoms with van der Waals surface area (Å²) >= 11 is 0. The molecule has 1 aromatic carbocycles. The van der Waals surface area contributed by atoms with Crippen molar-refractivity contribution in [1.29, 1.82) is 0 Å². The van der Waals surface area contributed by atoms with Crippen LogP contribution >= 0.6 is 0 Å². The molecule has 3 amide bonds. The first-order valence-corrected chi connectivity index (χ1v) is 10.9. The van der Waals surface area contributed by atoms with Gasteiger partial charge in [0.1, 0.15) is 6.61 Å². The number of hydrogen-bond donors (Lipinski definition) is 1. The SMILES string of the molecule is CC(C)(C)C1CN(C(=O)C2CCN(C(=O)OCc3ccccc3)CC2)CCN1C(=O)O. The minimum atomic E-state index is -0.936. The van der Waals surface area contributed by atoms with Gasteiger partial charge in [-0.05, 0) is 23.8 Å². The molecule has 2 fully saturated rings. The molecule has 0 bridgehead atoms. The van der Waals surface area contributed by atoms with E-state index in [-0.39, 0.29) is 36.0 Å². The van der Waals surface area contributed by atoms with E-state index in [1.807, 2.05) is 56.0 Å². The topological polar surface area (TPSA) is 90.4 Å². The van der Waals surface area contributed by atoms with Gasteiger partial charge in [0.2, 0.25) is 5.91 Å². The van der Waals surface area contributed by atoms with Gasteiger partial charge in [0.05, 0.1) is 6.04 Å². The fraction of sp³-hybridized carbons (Fsp3) is 0.609. The molecule has 0 aliphatic carbocycles. The van der Waals surface area contributed by atoms with Gasteiger partial charge in [-0.3, -0.25) is 4.79 Å². The summed E-state index contributed by atoms with van der Waals surface area (Å²) in [7, 11) is 0. The molecule has 2 aliphatic rings. The molecule has 3 rings (SSSR count). The van der Waals surface area contributed by atoms with Crippen molar-refractivity contribution in [2.45, 2.75) is 46.3 Å². The molecule has 0 aromatic heterocycles. The molecule has 1 unspecified atom stereocenters. The van der Waals surface area contributed by atoms with Crippen molar-refractivity contribution in [3.05, 3.63) is 35.9 Å². The van der Waals surface area contributed by atoms with Crippen LogP contribution in [0.2, 0.25) is 0 Å². The molecule has 8 heteroatoms. The van der Waals surface area contributed by atoms with E-state index in [2.05, 4.69) is 0 Å². The number of piperidine rings is 1. The van der Waals surface area contributed by atoms with Crippen molar-refractivity contribution in [3.63, 3.8) is 0 Å². The van der Waals surface area contributed by atoms with Gasteiger partial charge in [-0.15, -0.1) is 0 Å². The maximum atomic E-state index is 13.1. The highest BCUT2D eigenvalue weighted by Gasteiger charge is 2.41. The van der Waals surface area contributed by atoms with Crippen LogP contribution in [-0.4, -0.2) is 76.7 Å². The Hall–Kier alpha value is -2.77. The average molecular weight is 432 g/mol. The van der Waals surface area contributed by atoms with E-state index in [1.54, 1.807) is 4.90 Å². The second kappa shape index (κ2) is 9.58. The summed E-state index contributed by atoms with van der Waals surface area (Å²) in [4.78, 5) is 42.0. The lowest BCUT2D eigenvalue weighted by Crippen LogP contribution is -2.61. The van der Waals surface area contributed by atoms with Crippen molar-refractivity contribution in [2.75, 3.05) is 32.7 Å². The highest BCUT2D eigenvalue weighted by Crippen LogP contribution is 2.29. The molecule has 31 heavy (non-hydrogen) atoms. The number of piperazine rings is 1. The number of hydrogen-bond acceptors (Lipinski definition) is 4. The highest BCUT2D eigenvalue weighted by atomic mass is 16.6. The summed E-state index contributed by atoms with van der Waals surface area (Å²) in [5.74, 6) is -0.0771. The first-order chi connectivity index (χ1) is 14.7. The van der Waals surface area contributed by atoms with Crippen LogP contribution in [0.25, 0.3) is 0 Å². The van der Waals surface area contributed by atoms with E-state index in [4.69, 9.17) is 4.74 Å². The lowest BCUT2D eigenvalue weighted by molar-refractivity contribution is -0.141. The fourth-order valence-electron chi connectivity index (χ4n) is 4.33. The number of ether oxygens (including phenoxy) is 1. The molecule has 1 atom stereocenters. The molecule has 0 saturated carbocycles. The number of rotatable bonds is 3. The van der Waals surface area contributed by atoms with Gasteiger partial charge in [0.25, 0.3) is 0 Å². The Morgan fingerprint density at radius 1 is 1.00 bits per heavy atom. The lowest BCUT2D eigenvalue weighted by atomic mass is 9.83. The van der Waals surface area contributed by atoms with E-state index in [9.17, 15) is 19.5 Å². The monoisotopic (exact) mass is 431 g/mol. The third kappa shape index (κ3) is 5.68. The summed E-state index contributed by atoms with van der Waals surface area (Å²) in [5.41, 5.74) is 0.679. The molecule has 170 valence electrons. The zero-order valence-electron chi connectivity index (χ0n) is 18.6. The molecular formula is C23H33N3O5. The Kier molecular flexibility index (Phi) is 7.08. The molecule has 2 aliphatic heterocycles. The normalized spacial score (nSPS) is 20.5. The second-order valence-electron chi connectivity index (χ2n) is 9.44. The Morgan fingerprint density at radius 2 is 1.65 bits per heavy atom. The van der Waals surface area contributed by atoms with Crippen LogP contribution in [0.3, 0.4) is 0 Å². The molecule has 1 N–H and O–H groups in total. The molecule has 0 radical (unpaired) electrons. The predicted molar refractivity (Wildman–Crippen MR) is 115 cm³/mol. The van der Waals surface area contributed by atoms with Gasteiger partial charge in [-0.25, -0.2) is 9.59 Å². The second-order valence-corrected chi connectivity index (χ2v) is 9.44. The summed E-state index contributed by atoms with van der Waals surface area (Å²) < 4.78 is 5.40. The van der Waals surface area contributed by atoms with E-state index < -0.39 is 6.09 Å². The Bertz CT molecular complexity index is 784. The van der Waals surface area contributed by atoms with Gasteiger partial charge in [-0.2, -0.15) is 0 Å². The summed E-state index contributed by atoms with van der Waals surface area (Å²) in [6.07, 6.45) is -0.0935. The van der Waals surface area contributed by atoms with Crippen LogP contribution in [0.5, 0.6) is 0 Å². The molecule has 0 spiro atoms. The zero-order chi connectivity index (χ0) is 22.6. The van der Waals surface area contributed by atoms with E-state index in [1.165, 1.54) is 4.90 Å². The number of carboxylic acid groups (broad SMARTS) is 1. The Balaban J connectivity index is 1.50. The molecule has 1 aromatic rings. The third-order valence-electron chi connectivity index (χ3n) is 6.24.